The number of aryl methyl sites for hydroxylation is 4. The van der Waals surface area contributed by atoms with E-state index in [2.05, 4.69) is 5.32 Å². The van der Waals surface area contributed by atoms with Crippen molar-refractivity contribution >= 4 is 28.5 Å². The first-order chi connectivity index (χ1) is 14.6. The average molecular weight is 423 g/mol. The average Bonchev–Trinajstić information content (AvgIpc) is 2.68. The molecule has 1 aromatic heterocycles. The molecule has 0 aliphatic carbocycles. The predicted octanol–water partition coefficient (Wildman–Crippen LogP) is 3.98. The second-order valence-electron chi connectivity index (χ2n) is 7.59. The molecular formula is C24H25NO6. The number of ether oxygens (including phenoxy) is 2. The Morgan fingerprint density at radius 3 is 2.35 bits per heavy atom. The quantitative estimate of drug-likeness (QED) is 0.476. The van der Waals surface area contributed by atoms with Gasteiger partial charge in [0.2, 0.25) is 0 Å². The van der Waals surface area contributed by atoms with Crippen LogP contribution in [-0.4, -0.2) is 24.6 Å². The molecule has 0 aliphatic heterocycles. The Kier molecular flexibility index (Phi) is 6.44. The van der Waals surface area contributed by atoms with Gasteiger partial charge in [-0.15, -0.1) is 0 Å². The van der Waals surface area contributed by atoms with E-state index < -0.39 is 23.6 Å². The van der Waals surface area contributed by atoms with Gasteiger partial charge in [0, 0.05) is 23.2 Å². The van der Waals surface area contributed by atoms with Gasteiger partial charge in [-0.25, -0.2) is 9.59 Å². The van der Waals surface area contributed by atoms with Gasteiger partial charge in [0.05, 0.1) is 0 Å². The second-order valence-corrected chi connectivity index (χ2v) is 7.59. The minimum atomic E-state index is -0.992. The number of esters is 1. The van der Waals surface area contributed by atoms with E-state index in [1.165, 1.54) is 19.1 Å². The monoisotopic (exact) mass is 423 g/mol. The van der Waals surface area contributed by atoms with Gasteiger partial charge in [-0.1, -0.05) is 17.7 Å². The summed E-state index contributed by atoms with van der Waals surface area (Å²) >= 11 is 0. The van der Waals surface area contributed by atoms with E-state index in [0.717, 1.165) is 27.6 Å². The fourth-order valence-electron chi connectivity index (χ4n) is 3.42. The van der Waals surface area contributed by atoms with Crippen LogP contribution in [0.4, 0.5) is 5.69 Å². The van der Waals surface area contributed by atoms with E-state index in [9.17, 15) is 14.4 Å². The van der Waals surface area contributed by atoms with Crippen LogP contribution in [0.5, 0.6) is 5.75 Å². The molecule has 1 heterocycles. The maximum absolute atomic E-state index is 12.5. The lowest BCUT2D eigenvalue weighted by molar-refractivity contribution is -0.155. The van der Waals surface area contributed by atoms with Crippen molar-refractivity contribution in [2.75, 3.05) is 11.9 Å². The summed E-state index contributed by atoms with van der Waals surface area (Å²) in [5, 5.41) is 3.60. The highest BCUT2D eigenvalue weighted by Crippen LogP contribution is 2.23. The van der Waals surface area contributed by atoms with Gasteiger partial charge in [-0.3, -0.25) is 4.79 Å². The third-order valence-corrected chi connectivity index (χ3v) is 4.88. The highest BCUT2D eigenvalue weighted by molar-refractivity contribution is 5.96. The molecule has 1 N–H and O–H groups in total. The van der Waals surface area contributed by atoms with Crippen molar-refractivity contribution in [3.05, 3.63) is 69.1 Å². The number of carbonyl (C=O) groups excluding carboxylic acids is 2. The van der Waals surface area contributed by atoms with Crippen molar-refractivity contribution in [3.63, 3.8) is 0 Å². The largest absolute Gasteiger partial charge is 0.482 e. The molecule has 0 unspecified atom stereocenters. The Balaban J connectivity index is 1.58. The van der Waals surface area contributed by atoms with Crippen LogP contribution in [0.1, 0.15) is 29.2 Å². The Bertz CT molecular complexity index is 1190. The summed E-state index contributed by atoms with van der Waals surface area (Å²) in [5.74, 6) is -0.765. The molecule has 0 spiro atoms. The van der Waals surface area contributed by atoms with E-state index in [0.29, 0.717) is 17.0 Å². The molecule has 1 amide bonds. The first-order valence-corrected chi connectivity index (χ1v) is 9.89. The number of carbonyl (C=O) groups is 2. The third-order valence-electron chi connectivity index (χ3n) is 4.88. The van der Waals surface area contributed by atoms with Crippen LogP contribution < -0.4 is 15.7 Å². The van der Waals surface area contributed by atoms with Gasteiger partial charge in [-0.05, 0) is 63.4 Å². The van der Waals surface area contributed by atoms with Crippen molar-refractivity contribution in [3.8, 4) is 5.75 Å². The predicted molar refractivity (Wildman–Crippen MR) is 118 cm³/mol. The van der Waals surface area contributed by atoms with Crippen LogP contribution in [0.3, 0.4) is 0 Å². The topological polar surface area (TPSA) is 94.8 Å². The Morgan fingerprint density at radius 1 is 1.00 bits per heavy atom. The third kappa shape index (κ3) is 5.31. The first kappa shape index (κ1) is 22.1. The van der Waals surface area contributed by atoms with Crippen LogP contribution in [0.2, 0.25) is 0 Å². The molecule has 0 radical (unpaired) electrons. The Hall–Kier alpha value is -3.61. The second kappa shape index (κ2) is 9.04. The lowest BCUT2D eigenvalue weighted by Gasteiger charge is -2.17. The molecule has 3 rings (SSSR count). The van der Waals surface area contributed by atoms with Gasteiger partial charge in [0.25, 0.3) is 5.91 Å². The fraction of sp³-hybridized carbons (Fsp3) is 0.292. The summed E-state index contributed by atoms with van der Waals surface area (Å²) in [7, 11) is 0. The number of rotatable bonds is 6. The van der Waals surface area contributed by atoms with Gasteiger partial charge < -0.3 is 19.2 Å². The summed E-state index contributed by atoms with van der Waals surface area (Å²) in [6.45, 7) is 8.73. The molecule has 31 heavy (non-hydrogen) atoms. The zero-order valence-corrected chi connectivity index (χ0v) is 18.2. The Morgan fingerprint density at radius 2 is 1.68 bits per heavy atom. The zero-order valence-electron chi connectivity index (χ0n) is 18.2. The van der Waals surface area contributed by atoms with Crippen molar-refractivity contribution in [1.82, 2.24) is 0 Å². The number of nitrogens with one attached hydrogen (secondary N) is 1. The van der Waals surface area contributed by atoms with Crippen molar-refractivity contribution in [2.45, 2.75) is 40.7 Å². The lowest BCUT2D eigenvalue weighted by Crippen LogP contribution is -2.32. The van der Waals surface area contributed by atoms with Crippen LogP contribution >= 0.6 is 0 Å². The van der Waals surface area contributed by atoms with Crippen LogP contribution in [0.15, 0.2) is 45.6 Å². The smallest absolute Gasteiger partial charge is 0.344 e. The SMILES string of the molecule is Cc1cc(C)c(NC(=O)[C@@H](C)OC(=O)COc2ccc3c(C)cc(=O)oc3c2)c(C)c1. The standard InChI is InChI=1S/C24H25NO6/c1-13-8-15(3)23(16(4)9-13)25-24(28)17(5)30-22(27)12-29-18-6-7-19-14(2)10-21(26)31-20(19)11-18/h6-11,17H,12H2,1-5H3,(H,25,28)/t17-/m1/s1. The van der Waals surface area contributed by atoms with Gasteiger partial charge in [-0.2, -0.15) is 0 Å². The number of hydrogen-bond acceptors (Lipinski definition) is 6. The molecule has 0 saturated carbocycles. The van der Waals surface area contributed by atoms with Crippen LogP contribution in [0.25, 0.3) is 11.0 Å². The molecule has 1 atom stereocenters. The van der Waals surface area contributed by atoms with E-state index in [4.69, 9.17) is 13.9 Å². The van der Waals surface area contributed by atoms with Crippen molar-refractivity contribution in [2.24, 2.45) is 0 Å². The van der Waals surface area contributed by atoms with Gasteiger partial charge in [0.15, 0.2) is 12.7 Å². The van der Waals surface area contributed by atoms with Crippen molar-refractivity contribution in [1.29, 1.82) is 0 Å². The number of amides is 1. The summed E-state index contributed by atoms with van der Waals surface area (Å²) in [4.78, 5) is 36.1. The highest BCUT2D eigenvalue weighted by atomic mass is 16.6. The van der Waals surface area contributed by atoms with Crippen LogP contribution in [-0.2, 0) is 14.3 Å². The number of anilines is 1. The summed E-state index contributed by atoms with van der Waals surface area (Å²) in [6.07, 6.45) is -0.992. The highest BCUT2D eigenvalue weighted by Gasteiger charge is 2.20. The fourth-order valence-corrected chi connectivity index (χ4v) is 3.42. The summed E-state index contributed by atoms with van der Waals surface area (Å²) < 4.78 is 15.8. The van der Waals surface area contributed by atoms with Gasteiger partial charge in [0.1, 0.15) is 11.3 Å². The number of benzene rings is 2. The summed E-state index contributed by atoms with van der Waals surface area (Å²) in [5.41, 5.74) is 4.39. The molecule has 7 nitrogen and oxygen atoms in total. The van der Waals surface area contributed by atoms with Crippen molar-refractivity contribution < 1.29 is 23.5 Å². The lowest BCUT2D eigenvalue weighted by atomic mass is 10.0. The van der Waals surface area contributed by atoms with Crippen LogP contribution in [0, 0.1) is 27.7 Å². The molecular weight excluding hydrogens is 398 g/mol. The minimum absolute atomic E-state index is 0.348. The maximum Gasteiger partial charge on any atom is 0.344 e. The normalized spacial score (nSPS) is 11.8. The molecule has 0 saturated heterocycles. The molecule has 162 valence electrons. The van der Waals surface area contributed by atoms with E-state index in [-0.39, 0.29) is 6.61 Å². The molecule has 3 aromatic rings. The van der Waals surface area contributed by atoms with Gasteiger partial charge >= 0.3 is 11.6 Å². The molecule has 0 bridgehead atoms. The van der Waals surface area contributed by atoms with E-state index in [1.807, 2.05) is 39.8 Å². The Labute approximate surface area is 180 Å². The van der Waals surface area contributed by atoms with E-state index in [1.54, 1.807) is 12.1 Å². The molecule has 2 aromatic carbocycles. The molecule has 7 heteroatoms. The first-order valence-electron chi connectivity index (χ1n) is 9.89. The zero-order chi connectivity index (χ0) is 22.7. The minimum Gasteiger partial charge on any atom is -0.482 e. The molecule has 0 fully saturated rings. The maximum atomic E-state index is 12.5. The summed E-state index contributed by atoms with van der Waals surface area (Å²) in [6, 6.07) is 10.3. The molecule has 0 aliphatic rings. The number of fused-ring (bicyclic) bond motifs is 1. The van der Waals surface area contributed by atoms with E-state index >= 15 is 0 Å². The number of hydrogen-bond donors (Lipinski definition) is 1.